The minimum atomic E-state index is -3.26. The van der Waals surface area contributed by atoms with Crippen LogP contribution >= 0.6 is 0 Å². The number of aliphatic hydroxyl groups is 1. The summed E-state index contributed by atoms with van der Waals surface area (Å²) in [6, 6.07) is 1.89. The summed E-state index contributed by atoms with van der Waals surface area (Å²) in [5.41, 5.74) is 1.53. The van der Waals surface area contributed by atoms with Crippen molar-refractivity contribution in [3.63, 3.8) is 0 Å². The van der Waals surface area contributed by atoms with Gasteiger partial charge in [-0.05, 0) is 13.0 Å². The smallest absolute Gasteiger partial charge is 0.213 e. The predicted octanol–water partition coefficient (Wildman–Crippen LogP) is 0.174. The van der Waals surface area contributed by atoms with E-state index in [0.717, 1.165) is 22.3 Å². The summed E-state index contributed by atoms with van der Waals surface area (Å²) in [5, 5.41) is 15.1. The van der Waals surface area contributed by atoms with Gasteiger partial charge in [0.15, 0.2) is 0 Å². The Kier molecular flexibility index (Phi) is 3.63. The highest BCUT2D eigenvalue weighted by Crippen LogP contribution is 2.33. The fourth-order valence-corrected chi connectivity index (χ4v) is 4.35. The van der Waals surface area contributed by atoms with Crippen LogP contribution in [0.1, 0.15) is 6.92 Å². The number of aliphatic hydroxyl groups excluding tert-OH is 1. The van der Waals surface area contributed by atoms with Crippen molar-refractivity contribution in [1.29, 1.82) is 0 Å². The molecule has 3 aromatic rings. The number of nitrogens with zero attached hydrogens (tertiary/aromatic N) is 5. The second-order valence-corrected chi connectivity index (χ2v) is 8.44. The van der Waals surface area contributed by atoms with Crippen molar-refractivity contribution in [1.82, 2.24) is 29.0 Å². The molecule has 0 saturated carbocycles. The number of aromatic amines is 1. The molecule has 1 aliphatic rings. The summed E-state index contributed by atoms with van der Waals surface area (Å²) in [7, 11) is -3.26. The van der Waals surface area contributed by atoms with Crippen LogP contribution in [0.15, 0.2) is 31.0 Å². The van der Waals surface area contributed by atoms with E-state index in [9.17, 15) is 13.5 Å². The Hall–Kier alpha value is -2.30. The van der Waals surface area contributed by atoms with E-state index in [1.807, 2.05) is 6.07 Å². The Bertz CT molecular complexity index is 1020. The van der Waals surface area contributed by atoms with Crippen molar-refractivity contribution in [2.45, 2.75) is 12.5 Å². The van der Waals surface area contributed by atoms with Gasteiger partial charge < -0.3 is 10.1 Å². The van der Waals surface area contributed by atoms with Gasteiger partial charge in [0, 0.05) is 36.4 Å². The van der Waals surface area contributed by atoms with E-state index < -0.39 is 15.6 Å². The van der Waals surface area contributed by atoms with E-state index in [4.69, 9.17) is 0 Å². The molecule has 1 saturated heterocycles. The molecular formula is C15H18N6O3S. The zero-order valence-electron chi connectivity index (χ0n) is 13.6. The Morgan fingerprint density at radius 2 is 2.16 bits per heavy atom. The molecule has 2 N–H and O–H groups in total. The number of sulfonamides is 1. The molecule has 10 heteroatoms. The first-order valence-corrected chi connectivity index (χ1v) is 9.52. The number of aromatic nitrogens is 5. The zero-order chi connectivity index (χ0) is 17.7. The third-order valence-electron chi connectivity index (χ3n) is 4.69. The molecule has 3 aromatic heterocycles. The van der Waals surface area contributed by atoms with E-state index in [1.165, 1.54) is 10.6 Å². The number of hydrogen-bond acceptors (Lipinski definition) is 6. The molecule has 25 heavy (non-hydrogen) atoms. The quantitative estimate of drug-likeness (QED) is 0.668. The molecule has 0 atom stereocenters. The number of H-pyrrole nitrogens is 1. The van der Waals surface area contributed by atoms with Gasteiger partial charge in [0.25, 0.3) is 0 Å². The van der Waals surface area contributed by atoms with Gasteiger partial charge >= 0.3 is 0 Å². The maximum Gasteiger partial charge on any atom is 0.213 e. The van der Waals surface area contributed by atoms with Crippen LogP contribution in [0.5, 0.6) is 0 Å². The van der Waals surface area contributed by atoms with Crippen LogP contribution in [0, 0.1) is 0 Å². The van der Waals surface area contributed by atoms with Crippen LogP contribution in [0.25, 0.3) is 22.3 Å². The highest BCUT2D eigenvalue weighted by Gasteiger charge is 2.49. The van der Waals surface area contributed by atoms with Gasteiger partial charge in [-0.15, -0.1) is 0 Å². The topological polar surface area (TPSA) is 117 Å². The lowest BCUT2D eigenvalue weighted by Crippen LogP contribution is -2.66. The summed E-state index contributed by atoms with van der Waals surface area (Å²) < 4.78 is 26.9. The van der Waals surface area contributed by atoms with Gasteiger partial charge in [-0.2, -0.15) is 9.40 Å². The van der Waals surface area contributed by atoms with Crippen molar-refractivity contribution in [3.05, 3.63) is 31.0 Å². The molecule has 0 radical (unpaired) electrons. The molecule has 0 unspecified atom stereocenters. The standard InChI is InChI=1S/C15H18N6O3S/c1-2-25(23,24)20-7-15(8-20,9-22)21-6-11(5-19-21)13-12-3-4-16-14(12)18-10-17-13/h3-6,10,22H,2,7-9H2,1H3,(H,16,17,18). The van der Waals surface area contributed by atoms with Crippen molar-refractivity contribution >= 4 is 21.1 Å². The molecule has 0 aromatic carbocycles. The van der Waals surface area contributed by atoms with Crippen LogP contribution in [0.2, 0.25) is 0 Å². The van der Waals surface area contributed by atoms with Crippen LogP contribution in [0.4, 0.5) is 0 Å². The highest BCUT2D eigenvalue weighted by atomic mass is 32.2. The molecule has 0 aliphatic carbocycles. The van der Waals surface area contributed by atoms with E-state index in [-0.39, 0.29) is 25.4 Å². The summed E-state index contributed by atoms with van der Waals surface area (Å²) in [5.74, 6) is 0.0469. The largest absolute Gasteiger partial charge is 0.394 e. The van der Waals surface area contributed by atoms with Crippen LogP contribution < -0.4 is 0 Å². The Labute approximate surface area is 144 Å². The first-order chi connectivity index (χ1) is 12.0. The minimum absolute atomic E-state index is 0.0469. The van der Waals surface area contributed by atoms with Gasteiger partial charge in [-0.1, -0.05) is 0 Å². The molecule has 0 bridgehead atoms. The van der Waals surface area contributed by atoms with Gasteiger partial charge in [-0.25, -0.2) is 18.4 Å². The summed E-state index contributed by atoms with van der Waals surface area (Å²) >= 11 is 0. The summed E-state index contributed by atoms with van der Waals surface area (Å²) in [6.07, 6.45) is 6.73. The zero-order valence-corrected chi connectivity index (χ0v) is 14.4. The molecule has 9 nitrogen and oxygen atoms in total. The maximum absolute atomic E-state index is 12.0. The summed E-state index contributed by atoms with van der Waals surface area (Å²) in [6.45, 7) is 1.85. The SMILES string of the molecule is CCS(=O)(=O)N1CC(CO)(n2cc(-c3ncnc4[nH]ccc34)cn2)C1. The highest BCUT2D eigenvalue weighted by molar-refractivity contribution is 7.89. The lowest BCUT2D eigenvalue weighted by atomic mass is 9.94. The van der Waals surface area contributed by atoms with Gasteiger partial charge in [0.05, 0.1) is 24.3 Å². The van der Waals surface area contributed by atoms with Crippen molar-refractivity contribution < 1.29 is 13.5 Å². The monoisotopic (exact) mass is 362 g/mol. The van der Waals surface area contributed by atoms with Crippen molar-refractivity contribution in [3.8, 4) is 11.3 Å². The maximum atomic E-state index is 12.0. The first-order valence-electron chi connectivity index (χ1n) is 7.91. The van der Waals surface area contributed by atoms with Crippen molar-refractivity contribution in [2.75, 3.05) is 25.4 Å². The number of hydrogen-bond donors (Lipinski definition) is 2. The number of rotatable bonds is 5. The fourth-order valence-electron chi connectivity index (χ4n) is 3.11. The average Bonchev–Trinajstić information content (AvgIpc) is 3.23. The summed E-state index contributed by atoms with van der Waals surface area (Å²) in [4.78, 5) is 11.5. The first kappa shape index (κ1) is 16.2. The number of nitrogens with one attached hydrogen (secondary N) is 1. The molecule has 4 rings (SSSR count). The molecule has 0 amide bonds. The third-order valence-corrected chi connectivity index (χ3v) is 6.46. The van der Waals surface area contributed by atoms with E-state index >= 15 is 0 Å². The molecule has 4 heterocycles. The van der Waals surface area contributed by atoms with Crippen LogP contribution in [-0.4, -0.2) is 68.0 Å². The second-order valence-electron chi connectivity index (χ2n) is 6.19. The van der Waals surface area contributed by atoms with Gasteiger partial charge in [0.2, 0.25) is 10.0 Å². The van der Waals surface area contributed by atoms with E-state index in [0.29, 0.717) is 0 Å². The Balaban J connectivity index is 1.66. The van der Waals surface area contributed by atoms with Gasteiger partial charge in [-0.3, -0.25) is 4.68 Å². The number of fused-ring (bicyclic) bond motifs is 1. The molecular weight excluding hydrogens is 344 g/mol. The lowest BCUT2D eigenvalue weighted by molar-refractivity contribution is 0.0101. The second kappa shape index (κ2) is 5.61. The van der Waals surface area contributed by atoms with Crippen LogP contribution in [-0.2, 0) is 15.6 Å². The molecule has 0 spiro atoms. The Morgan fingerprint density at radius 1 is 1.36 bits per heavy atom. The van der Waals surface area contributed by atoms with E-state index in [1.54, 1.807) is 30.2 Å². The minimum Gasteiger partial charge on any atom is -0.394 e. The van der Waals surface area contributed by atoms with Gasteiger partial charge in [0.1, 0.15) is 17.5 Å². The lowest BCUT2D eigenvalue weighted by Gasteiger charge is -2.47. The average molecular weight is 362 g/mol. The van der Waals surface area contributed by atoms with Crippen LogP contribution in [0.3, 0.4) is 0 Å². The van der Waals surface area contributed by atoms with E-state index in [2.05, 4.69) is 20.1 Å². The molecule has 132 valence electrons. The van der Waals surface area contributed by atoms with Crippen molar-refractivity contribution in [2.24, 2.45) is 0 Å². The predicted molar refractivity (Wildman–Crippen MR) is 91.2 cm³/mol. The third kappa shape index (κ3) is 2.44. The normalized spacial score (nSPS) is 17.7. The fraction of sp³-hybridized carbons (Fsp3) is 0.400. The Morgan fingerprint density at radius 3 is 2.88 bits per heavy atom. The molecule has 1 fully saturated rings. The molecule has 1 aliphatic heterocycles.